The number of carbonyl (C=O) groups excluding carboxylic acids is 2. The highest BCUT2D eigenvalue weighted by atomic mass is 19.2. The first-order chi connectivity index (χ1) is 19.1. The molecular weight excluding hydrogens is 529 g/mol. The number of rotatable bonds is 7. The van der Waals surface area contributed by atoms with Crippen molar-refractivity contribution in [3.8, 4) is 17.0 Å². The summed E-state index contributed by atoms with van der Waals surface area (Å²) in [5.41, 5.74) is 1.31. The number of ether oxygens (including phenoxy) is 1. The standard InChI is InChI=1S/C28H23F3N4O5/c1-34-26-18-10-21(30)22(31)11-23(18)40-14-19(26)25(33-34)27(37)35(12-16-5-2-3-8-20(16)29)13-24(36)32-17-7-4-6-15(9-17)28(38)39/h2-11,28,38-39H,12-14H2,1H3,(H,32,36). The highest BCUT2D eigenvalue weighted by molar-refractivity contribution is 6.00. The van der Waals surface area contributed by atoms with E-state index in [2.05, 4.69) is 10.4 Å². The van der Waals surface area contributed by atoms with Crippen molar-refractivity contribution in [2.24, 2.45) is 7.05 Å². The van der Waals surface area contributed by atoms with Crippen molar-refractivity contribution in [1.82, 2.24) is 14.7 Å². The average molecular weight is 553 g/mol. The molecule has 1 aromatic heterocycles. The number of amides is 2. The molecule has 2 heterocycles. The third-order valence-corrected chi connectivity index (χ3v) is 6.41. The van der Waals surface area contributed by atoms with Gasteiger partial charge in [-0.2, -0.15) is 5.10 Å². The molecule has 206 valence electrons. The quantitative estimate of drug-likeness (QED) is 0.302. The van der Waals surface area contributed by atoms with Crippen LogP contribution in [0.1, 0.15) is 33.5 Å². The molecule has 0 saturated carbocycles. The van der Waals surface area contributed by atoms with E-state index in [0.717, 1.165) is 17.0 Å². The molecule has 3 N–H and O–H groups in total. The summed E-state index contributed by atoms with van der Waals surface area (Å²) < 4.78 is 49.3. The maximum absolute atomic E-state index is 14.5. The minimum absolute atomic E-state index is 0.0891. The van der Waals surface area contributed by atoms with E-state index in [4.69, 9.17) is 4.74 Å². The number of aromatic nitrogens is 2. The molecule has 0 unspecified atom stereocenters. The molecule has 0 aliphatic carbocycles. The second-order valence-electron chi connectivity index (χ2n) is 9.15. The van der Waals surface area contributed by atoms with E-state index in [9.17, 15) is 33.0 Å². The first-order valence-corrected chi connectivity index (χ1v) is 12.1. The van der Waals surface area contributed by atoms with Crippen molar-refractivity contribution < 1.29 is 37.7 Å². The Hall–Kier alpha value is -4.68. The number of aryl methyl sites for hydroxylation is 1. The first kappa shape index (κ1) is 26.9. The SMILES string of the molecule is Cn1nc(C(=O)N(CC(=O)Nc2cccc(C(O)O)c2)Cc2ccccc2F)c2c1-c1cc(F)c(F)cc1OC2. The van der Waals surface area contributed by atoms with E-state index in [1.807, 2.05) is 0 Å². The summed E-state index contributed by atoms with van der Waals surface area (Å²) in [6, 6.07) is 13.5. The van der Waals surface area contributed by atoms with Crippen molar-refractivity contribution in [3.63, 3.8) is 0 Å². The van der Waals surface area contributed by atoms with E-state index in [-0.39, 0.29) is 47.0 Å². The number of aliphatic hydroxyl groups is 2. The van der Waals surface area contributed by atoms with Crippen molar-refractivity contribution >= 4 is 17.5 Å². The van der Waals surface area contributed by atoms with Crippen molar-refractivity contribution in [2.45, 2.75) is 19.4 Å². The topological polar surface area (TPSA) is 117 Å². The van der Waals surface area contributed by atoms with Gasteiger partial charge in [0, 0.05) is 47.6 Å². The zero-order valence-corrected chi connectivity index (χ0v) is 21.1. The summed E-state index contributed by atoms with van der Waals surface area (Å²) in [6.45, 7) is -0.961. The number of fused-ring (bicyclic) bond motifs is 3. The third kappa shape index (κ3) is 5.26. The van der Waals surface area contributed by atoms with Gasteiger partial charge >= 0.3 is 0 Å². The summed E-state index contributed by atoms with van der Waals surface area (Å²) >= 11 is 0. The van der Waals surface area contributed by atoms with Gasteiger partial charge in [0.25, 0.3) is 5.91 Å². The Morgan fingerprint density at radius 3 is 2.55 bits per heavy atom. The van der Waals surface area contributed by atoms with Gasteiger partial charge in [0.1, 0.15) is 24.7 Å². The van der Waals surface area contributed by atoms with Gasteiger partial charge in [0.2, 0.25) is 5.91 Å². The van der Waals surface area contributed by atoms with E-state index in [0.29, 0.717) is 11.3 Å². The summed E-state index contributed by atoms with van der Waals surface area (Å²) in [7, 11) is 1.53. The van der Waals surface area contributed by atoms with Gasteiger partial charge in [-0.3, -0.25) is 14.3 Å². The molecule has 1 aliphatic heterocycles. The molecule has 9 nitrogen and oxygen atoms in total. The largest absolute Gasteiger partial charge is 0.488 e. The number of anilines is 1. The van der Waals surface area contributed by atoms with Gasteiger partial charge in [-0.05, 0) is 24.3 Å². The molecular formula is C28H23F3N4O5. The molecule has 0 spiro atoms. The van der Waals surface area contributed by atoms with Crippen LogP contribution >= 0.6 is 0 Å². The smallest absolute Gasteiger partial charge is 0.275 e. The van der Waals surface area contributed by atoms with Gasteiger partial charge < -0.3 is 25.2 Å². The number of hydrogen-bond donors (Lipinski definition) is 3. The Morgan fingerprint density at radius 1 is 1.05 bits per heavy atom. The second kappa shape index (κ2) is 10.8. The van der Waals surface area contributed by atoms with E-state index in [1.54, 1.807) is 6.07 Å². The molecule has 4 aromatic rings. The Labute approximate surface area is 226 Å². The number of aliphatic hydroxyl groups excluding tert-OH is 1. The van der Waals surface area contributed by atoms with Gasteiger partial charge in [-0.25, -0.2) is 13.2 Å². The first-order valence-electron chi connectivity index (χ1n) is 12.1. The molecule has 2 amide bonds. The molecule has 40 heavy (non-hydrogen) atoms. The monoisotopic (exact) mass is 552 g/mol. The maximum atomic E-state index is 14.5. The molecule has 3 aromatic carbocycles. The van der Waals surface area contributed by atoms with Crippen LogP contribution in [-0.4, -0.2) is 43.3 Å². The van der Waals surface area contributed by atoms with Crippen LogP contribution in [0.3, 0.4) is 0 Å². The summed E-state index contributed by atoms with van der Waals surface area (Å²) in [5, 5.41) is 25.7. The molecule has 5 rings (SSSR count). The zero-order chi connectivity index (χ0) is 28.6. The minimum atomic E-state index is -1.75. The van der Waals surface area contributed by atoms with Gasteiger partial charge in [-0.15, -0.1) is 0 Å². The molecule has 12 heteroatoms. The minimum Gasteiger partial charge on any atom is -0.488 e. The second-order valence-corrected chi connectivity index (χ2v) is 9.15. The molecule has 1 aliphatic rings. The molecule has 0 radical (unpaired) electrons. The van der Waals surface area contributed by atoms with E-state index < -0.39 is 42.1 Å². The van der Waals surface area contributed by atoms with Crippen LogP contribution in [0.25, 0.3) is 11.3 Å². The van der Waals surface area contributed by atoms with Crippen LogP contribution in [0.4, 0.5) is 18.9 Å². The highest BCUT2D eigenvalue weighted by Crippen LogP contribution is 2.40. The molecule has 0 saturated heterocycles. The lowest BCUT2D eigenvalue weighted by Gasteiger charge is -2.23. The Kier molecular flexibility index (Phi) is 7.28. The molecule has 0 atom stereocenters. The molecule has 0 fully saturated rings. The number of carbonyl (C=O) groups is 2. The van der Waals surface area contributed by atoms with Crippen LogP contribution in [-0.2, 0) is 25.0 Å². The van der Waals surface area contributed by atoms with E-state index >= 15 is 0 Å². The Morgan fingerprint density at radius 2 is 1.80 bits per heavy atom. The van der Waals surface area contributed by atoms with Crippen LogP contribution < -0.4 is 10.1 Å². The number of halogens is 3. The number of nitrogens with one attached hydrogen (secondary N) is 1. The summed E-state index contributed by atoms with van der Waals surface area (Å²) in [6.07, 6.45) is -1.75. The normalized spacial score (nSPS) is 12.0. The lowest BCUT2D eigenvalue weighted by Crippen LogP contribution is -2.38. The lowest BCUT2D eigenvalue weighted by molar-refractivity contribution is -0.117. The predicted molar refractivity (Wildman–Crippen MR) is 136 cm³/mol. The van der Waals surface area contributed by atoms with Crippen molar-refractivity contribution in [1.29, 1.82) is 0 Å². The van der Waals surface area contributed by atoms with E-state index in [1.165, 1.54) is 54.2 Å². The fraction of sp³-hybridized carbons (Fsp3) is 0.179. The number of nitrogens with zero attached hydrogens (tertiary/aromatic N) is 3. The number of hydrogen-bond acceptors (Lipinski definition) is 6. The lowest BCUT2D eigenvalue weighted by atomic mass is 10.0. The van der Waals surface area contributed by atoms with Crippen LogP contribution in [0.2, 0.25) is 0 Å². The van der Waals surface area contributed by atoms with Crippen molar-refractivity contribution in [2.75, 3.05) is 11.9 Å². The third-order valence-electron chi connectivity index (χ3n) is 6.41. The number of benzene rings is 3. The average Bonchev–Trinajstić information content (AvgIpc) is 3.26. The zero-order valence-electron chi connectivity index (χ0n) is 21.1. The summed E-state index contributed by atoms with van der Waals surface area (Å²) in [5.74, 6) is -4.03. The molecule has 0 bridgehead atoms. The fourth-order valence-electron chi connectivity index (χ4n) is 4.53. The van der Waals surface area contributed by atoms with Gasteiger partial charge in [-0.1, -0.05) is 30.3 Å². The van der Waals surface area contributed by atoms with Gasteiger partial charge in [0.15, 0.2) is 23.6 Å². The fourth-order valence-corrected chi connectivity index (χ4v) is 4.53. The van der Waals surface area contributed by atoms with Crippen LogP contribution in [0.5, 0.6) is 5.75 Å². The van der Waals surface area contributed by atoms with Gasteiger partial charge in [0.05, 0.1) is 5.69 Å². The Balaban J connectivity index is 1.47. The highest BCUT2D eigenvalue weighted by Gasteiger charge is 2.32. The van der Waals surface area contributed by atoms with Crippen LogP contribution in [0.15, 0.2) is 60.7 Å². The summed E-state index contributed by atoms with van der Waals surface area (Å²) in [4.78, 5) is 27.9. The maximum Gasteiger partial charge on any atom is 0.275 e. The van der Waals surface area contributed by atoms with Crippen LogP contribution in [0, 0.1) is 17.5 Å². The van der Waals surface area contributed by atoms with Crippen molar-refractivity contribution in [3.05, 3.63) is 100 Å². The Bertz CT molecular complexity index is 1620. The predicted octanol–water partition coefficient (Wildman–Crippen LogP) is 3.66.